The number of piperazine rings is 1. The van der Waals surface area contributed by atoms with E-state index < -0.39 is 17.8 Å². The van der Waals surface area contributed by atoms with E-state index in [0.29, 0.717) is 56.1 Å². The van der Waals surface area contributed by atoms with Crippen LogP contribution < -0.4 is 10.2 Å². The van der Waals surface area contributed by atoms with Crippen molar-refractivity contribution in [1.82, 2.24) is 39.8 Å². The number of carbonyl (C=O) groups excluding carboxylic acids is 2. The molecule has 4 aromatic rings. The van der Waals surface area contributed by atoms with Gasteiger partial charge in [0.25, 0.3) is 0 Å². The highest BCUT2D eigenvalue weighted by Gasteiger charge is 2.37. The van der Waals surface area contributed by atoms with Crippen molar-refractivity contribution >= 4 is 23.3 Å². The van der Waals surface area contributed by atoms with E-state index in [1.807, 2.05) is 4.90 Å². The monoisotopic (exact) mass is 539 g/mol. The van der Waals surface area contributed by atoms with E-state index >= 15 is 0 Å². The molecule has 39 heavy (non-hydrogen) atoms. The van der Waals surface area contributed by atoms with Crippen molar-refractivity contribution in [1.29, 1.82) is 0 Å². The number of piperidine rings is 1. The number of aromatic amines is 1. The summed E-state index contributed by atoms with van der Waals surface area (Å²) in [6, 6.07) is 3.09. The van der Waals surface area contributed by atoms with Gasteiger partial charge in [-0.2, -0.15) is 18.3 Å². The first kappa shape index (κ1) is 24.8. The predicted octanol–water partition coefficient (Wildman–Crippen LogP) is 2.59. The first-order valence-electron chi connectivity index (χ1n) is 12.5. The van der Waals surface area contributed by atoms with E-state index in [1.165, 1.54) is 16.7 Å². The third-order valence-electron chi connectivity index (χ3n) is 7.12. The number of fused-ring (bicyclic) bond motifs is 1. The lowest BCUT2D eigenvalue weighted by molar-refractivity contribution is -0.140. The number of nitrogens with one attached hydrogen (secondary N) is 2. The van der Waals surface area contributed by atoms with E-state index in [-0.39, 0.29) is 23.7 Å². The number of nitrogens with zero attached hydrogens (tertiary/aromatic N) is 7. The zero-order chi connectivity index (χ0) is 27.1. The molecule has 2 amide bonds. The normalized spacial score (nSPS) is 20.3. The minimum absolute atomic E-state index is 0.124. The van der Waals surface area contributed by atoms with Crippen LogP contribution in [0.2, 0.25) is 0 Å². The van der Waals surface area contributed by atoms with Gasteiger partial charge in [0.05, 0.1) is 24.0 Å². The molecule has 0 bridgehead atoms. The summed E-state index contributed by atoms with van der Waals surface area (Å²) in [5, 5.41) is 9.65. The van der Waals surface area contributed by atoms with Crippen LogP contribution in [0, 0.1) is 0 Å². The van der Waals surface area contributed by atoms with E-state index in [1.54, 1.807) is 29.6 Å². The molecule has 0 saturated carbocycles. The zero-order valence-corrected chi connectivity index (χ0v) is 20.6. The number of hydrogen-bond acceptors (Lipinski definition) is 7. The molecule has 2 unspecified atom stereocenters. The van der Waals surface area contributed by atoms with Gasteiger partial charge in [-0.15, -0.1) is 0 Å². The number of carbonyl (C=O) groups is 2. The lowest BCUT2D eigenvalue weighted by Gasteiger charge is -2.43. The maximum Gasteiger partial charge on any atom is 0.417 e. The Bertz CT molecular complexity index is 1520. The Morgan fingerprint density at radius 1 is 1.10 bits per heavy atom. The van der Waals surface area contributed by atoms with Crippen LogP contribution in [0.25, 0.3) is 17.2 Å². The third-order valence-corrected chi connectivity index (χ3v) is 7.12. The number of H-pyrrole nitrogens is 1. The van der Waals surface area contributed by atoms with E-state index in [2.05, 4.69) is 30.5 Å². The van der Waals surface area contributed by atoms with Crippen LogP contribution in [-0.2, 0) is 15.8 Å². The van der Waals surface area contributed by atoms with E-state index in [4.69, 9.17) is 0 Å². The number of alkyl halides is 3. The summed E-state index contributed by atoms with van der Waals surface area (Å²) in [5.74, 6) is 0.529. The van der Waals surface area contributed by atoms with Gasteiger partial charge in [-0.05, 0) is 31.0 Å². The van der Waals surface area contributed by atoms with Crippen molar-refractivity contribution in [3.63, 3.8) is 0 Å². The number of imidazole rings is 1. The Hall–Kier alpha value is -4.49. The predicted molar refractivity (Wildman–Crippen MR) is 132 cm³/mol. The molecule has 0 aliphatic carbocycles. The second kappa shape index (κ2) is 9.67. The van der Waals surface area contributed by atoms with E-state index in [9.17, 15) is 22.8 Å². The second-order valence-electron chi connectivity index (χ2n) is 9.56. The van der Waals surface area contributed by atoms with Gasteiger partial charge in [-0.1, -0.05) is 0 Å². The van der Waals surface area contributed by atoms with Crippen LogP contribution in [0.3, 0.4) is 0 Å². The molecule has 4 aromatic heterocycles. The van der Waals surface area contributed by atoms with Crippen LogP contribution in [0.4, 0.5) is 19.0 Å². The van der Waals surface area contributed by atoms with Crippen molar-refractivity contribution in [3.05, 3.63) is 60.3 Å². The molecule has 6 rings (SSSR count). The minimum atomic E-state index is -4.50. The molecule has 0 aromatic carbocycles. The summed E-state index contributed by atoms with van der Waals surface area (Å²) in [6.07, 6.45) is 4.54. The number of pyridine rings is 1. The fraction of sp³-hybridized carbons (Fsp3) is 0.360. The maximum atomic E-state index is 13.4. The minimum Gasteiger partial charge on any atom is -0.352 e. The molecule has 2 aliphatic rings. The lowest BCUT2D eigenvalue weighted by atomic mass is 9.99. The number of halogens is 3. The molecule has 2 N–H and O–H groups in total. The summed E-state index contributed by atoms with van der Waals surface area (Å²) in [6.45, 7) is 1.24. The molecule has 2 fully saturated rings. The molecule has 11 nitrogen and oxygen atoms in total. The number of anilines is 1. The summed E-state index contributed by atoms with van der Waals surface area (Å²) in [7, 11) is 0. The average molecular weight is 540 g/mol. The average Bonchev–Trinajstić information content (AvgIpc) is 3.62. The van der Waals surface area contributed by atoms with Crippen molar-refractivity contribution in [2.24, 2.45) is 0 Å². The Morgan fingerprint density at radius 3 is 2.74 bits per heavy atom. The number of amides is 2. The number of aromatic nitrogens is 6. The fourth-order valence-electron chi connectivity index (χ4n) is 5.14. The lowest BCUT2D eigenvalue weighted by Crippen LogP contribution is -2.57. The van der Waals surface area contributed by atoms with Crippen LogP contribution in [0.5, 0.6) is 0 Å². The summed E-state index contributed by atoms with van der Waals surface area (Å²) >= 11 is 0. The molecule has 0 spiro atoms. The molecular weight excluding hydrogens is 515 g/mol. The third kappa shape index (κ3) is 4.77. The van der Waals surface area contributed by atoms with Gasteiger partial charge < -0.3 is 15.1 Å². The zero-order valence-electron chi connectivity index (χ0n) is 20.6. The Morgan fingerprint density at radius 2 is 1.97 bits per heavy atom. The first-order chi connectivity index (χ1) is 18.8. The van der Waals surface area contributed by atoms with Crippen molar-refractivity contribution in [3.8, 4) is 11.5 Å². The van der Waals surface area contributed by atoms with Crippen LogP contribution in [0.1, 0.15) is 36.4 Å². The molecule has 2 atom stereocenters. The van der Waals surface area contributed by atoms with Gasteiger partial charge >= 0.3 is 6.18 Å². The maximum absolute atomic E-state index is 13.4. The van der Waals surface area contributed by atoms with Gasteiger partial charge in [-0.3, -0.25) is 19.1 Å². The number of rotatable bonds is 4. The van der Waals surface area contributed by atoms with Gasteiger partial charge in [0.1, 0.15) is 23.2 Å². The van der Waals surface area contributed by atoms with Crippen LogP contribution in [0.15, 0.2) is 49.2 Å². The van der Waals surface area contributed by atoms with Crippen molar-refractivity contribution < 1.29 is 22.8 Å². The molecular formula is C25H24F3N9O2. The molecule has 202 valence electrons. The van der Waals surface area contributed by atoms with Gasteiger partial charge in [0.2, 0.25) is 11.8 Å². The number of hydrogen-bond donors (Lipinski definition) is 2. The quantitative estimate of drug-likeness (QED) is 0.409. The van der Waals surface area contributed by atoms with Crippen molar-refractivity contribution in [2.75, 3.05) is 24.5 Å². The fourth-order valence-corrected chi connectivity index (χ4v) is 5.14. The van der Waals surface area contributed by atoms with E-state index in [0.717, 1.165) is 17.8 Å². The second-order valence-corrected chi connectivity index (χ2v) is 9.56. The summed E-state index contributed by atoms with van der Waals surface area (Å²) < 4.78 is 41.3. The highest BCUT2D eigenvalue weighted by atomic mass is 19.4. The highest BCUT2D eigenvalue weighted by molar-refractivity contribution is 5.89. The van der Waals surface area contributed by atoms with Gasteiger partial charge in [0.15, 0.2) is 5.82 Å². The molecule has 2 saturated heterocycles. The summed E-state index contributed by atoms with van der Waals surface area (Å²) in [5.41, 5.74) is 0.675. The molecule has 6 heterocycles. The highest BCUT2D eigenvalue weighted by Crippen LogP contribution is 2.32. The van der Waals surface area contributed by atoms with Gasteiger partial charge in [0, 0.05) is 50.2 Å². The Kier molecular flexibility index (Phi) is 6.16. The Balaban J connectivity index is 1.28. The molecule has 2 aliphatic heterocycles. The molecule has 0 radical (unpaired) electrons. The largest absolute Gasteiger partial charge is 0.417 e. The van der Waals surface area contributed by atoms with Crippen LogP contribution >= 0.6 is 0 Å². The molecule has 14 heteroatoms. The van der Waals surface area contributed by atoms with Gasteiger partial charge in [-0.25, -0.2) is 15.0 Å². The van der Waals surface area contributed by atoms with Crippen LogP contribution in [-0.4, -0.2) is 71.9 Å². The summed E-state index contributed by atoms with van der Waals surface area (Å²) in [4.78, 5) is 42.3. The topological polar surface area (TPSA) is 124 Å². The standard InChI is InChI=1S/C25H24F3N9O2/c26-25(27,28)16-4-5-20-30-12-18(37(20)13-16)23-29-7-6-21(34-23)35-8-9-36(19(14-35)15-10-31-32-11-15)24(39)17-2-1-3-22(38)33-17/h4-7,10-13,17,19H,1-3,8-9,14H2,(H,31,32)(H,33,38). The smallest absolute Gasteiger partial charge is 0.352 e. The van der Waals surface area contributed by atoms with Crippen molar-refractivity contribution in [2.45, 2.75) is 37.5 Å². The Labute approximate surface area is 220 Å². The first-order valence-corrected chi connectivity index (χ1v) is 12.5. The SMILES string of the molecule is O=C1CCCC(C(=O)N2CCN(c3ccnc(-c4cnc5ccc(C(F)(F)F)cn45)n3)CC2c2cn[nH]c2)N1.